The van der Waals surface area contributed by atoms with E-state index in [1.54, 1.807) is 30.5 Å². The minimum Gasteiger partial charge on any atom is -0.368 e. The van der Waals surface area contributed by atoms with Gasteiger partial charge in [0.15, 0.2) is 0 Å². The molecular formula is C17H19ClN4O. The molecule has 23 heavy (non-hydrogen) atoms. The van der Waals surface area contributed by atoms with Crippen LogP contribution in [-0.4, -0.2) is 49.0 Å². The summed E-state index contributed by atoms with van der Waals surface area (Å²) in [5.74, 6) is 0.267. The van der Waals surface area contributed by atoms with Crippen molar-refractivity contribution in [1.29, 1.82) is 0 Å². The van der Waals surface area contributed by atoms with Crippen LogP contribution >= 0.6 is 11.6 Å². The van der Waals surface area contributed by atoms with Gasteiger partial charge in [0.1, 0.15) is 5.82 Å². The number of nitrogens with zero attached hydrogens (tertiary/aromatic N) is 3. The van der Waals surface area contributed by atoms with E-state index in [-0.39, 0.29) is 5.91 Å². The predicted molar refractivity (Wildman–Crippen MR) is 93.4 cm³/mol. The summed E-state index contributed by atoms with van der Waals surface area (Å²) in [7, 11) is 2.13. The first kappa shape index (κ1) is 15.8. The maximum absolute atomic E-state index is 12.2. The highest BCUT2D eigenvalue weighted by Gasteiger charge is 2.15. The molecule has 3 rings (SSSR count). The van der Waals surface area contributed by atoms with Crippen LogP contribution in [-0.2, 0) is 0 Å². The standard InChI is InChI=1S/C17H19ClN4O/c1-21-8-10-22(11-9-21)13-6-7-16(19-12-13)20-17(23)14-4-2-3-5-15(14)18/h2-7,12H,8-11H2,1H3,(H,19,20,23). The van der Waals surface area contributed by atoms with Gasteiger partial charge < -0.3 is 15.1 Å². The number of carbonyl (C=O) groups excluding carboxylic acids is 1. The molecule has 0 aliphatic carbocycles. The minimum atomic E-state index is -0.254. The Labute approximate surface area is 140 Å². The lowest BCUT2D eigenvalue weighted by atomic mass is 10.2. The van der Waals surface area contributed by atoms with Crippen LogP contribution in [0.2, 0.25) is 5.02 Å². The number of carbonyl (C=O) groups is 1. The Hall–Kier alpha value is -2.11. The van der Waals surface area contributed by atoms with E-state index in [0.717, 1.165) is 31.9 Å². The number of rotatable bonds is 3. The number of likely N-dealkylation sites (N-methyl/N-ethyl adjacent to an activating group) is 1. The van der Waals surface area contributed by atoms with Crippen molar-refractivity contribution in [3.05, 3.63) is 53.2 Å². The van der Waals surface area contributed by atoms with Crippen LogP contribution in [0.4, 0.5) is 11.5 Å². The van der Waals surface area contributed by atoms with E-state index in [9.17, 15) is 4.79 Å². The minimum absolute atomic E-state index is 0.254. The molecule has 1 fully saturated rings. The number of anilines is 2. The summed E-state index contributed by atoms with van der Waals surface area (Å²) in [6.07, 6.45) is 1.80. The SMILES string of the molecule is CN1CCN(c2ccc(NC(=O)c3ccccc3Cl)nc2)CC1. The number of benzene rings is 1. The molecule has 0 radical (unpaired) electrons. The van der Waals surface area contributed by atoms with Crippen molar-refractivity contribution in [1.82, 2.24) is 9.88 Å². The van der Waals surface area contributed by atoms with Crippen molar-refractivity contribution >= 4 is 29.0 Å². The summed E-state index contributed by atoms with van der Waals surface area (Å²) in [5.41, 5.74) is 1.52. The Morgan fingerprint density at radius 3 is 2.52 bits per heavy atom. The molecule has 1 aliphatic heterocycles. The number of aromatic nitrogens is 1. The van der Waals surface area contributed by atoms with Crippen LogP contribution in [0.3, 0.4) is 0 Å². The van der Waals surface area contributed by atoms with Crippen molar-refractivity contribution in [2.75, 3.05) is 43.4 Å². The number of hydrogen-bond acceptors (Lipinski definition) is 4. The monoisotopic (exact) mass is 330 g/mol. The molecule has 0 saturated carbocycles. The van der Waals surface area contributed by atoms with Crippen LogP contribution in [0.5, 0.6) is 0 Å². The molecule has 0 bridgehead atoms. The summed E-state index contributed by atoms with van der Waals surface area (Å²) in [6.45, 7) is 4.07. The number of hydrogen-bond donors (Lipinski definition) is 1. The van der Waals surface area contributed by atoms with Gasteiger partial charge in [0.05, 0.1) is 22.5 Å². The first-order chi connectivity index (χ1) is 11.1. The van der Waals surface area contributed by atoms with Gasteiger partial charge >= 0.3 is 0 Å². The van der Waals surface area contributed by atoms with E-state index < -0.39 is 0 Å². The normalized spacial score (nSPS) is 15.5. The Kier molecular flexibility index (Phi) is 4.79. The van der Waals surface area contributed by atoms with Gasteiger partial charge in [-0.3, -0.25) is 4.79 Å². The summed E-state index contributed by atoms with van der Waals surface area (Å²) < 4.78 is 0. The molecular weight excluding hydrogens is 312 g/mol. The molecule has 1 aliphatic rings. The van der Waals surface area contributed by atoms with Gasteiger partial charge in [-0.2, -0.15) is 0 Å². The second kappa shape index (κ2) is 6.98. The predicted octanol–water partition coefficient (Wildman–Crippen LogP) is 2.74. The largest absolute Gasteiger partial charge is 0.368 e. The molecule has 1 N–H and O–H groups in total. The van der Waals surface area contributed by atoms with Crippen LogP contribution in [0.15, 0.2) is 42.6 Å². The third-order valence-corrected chi connectivity index (χ3v) is 4.31. The lowest BCUT2D eigenvalue weighted by Crippen LogP contribution is -2.44. The zero-order valence-corrected chi connectivity index (χ0v) is 13.8. The van der Waals surface area contributed by atoms with E-state index >= 15 is 0 Å². The Bertz CT molecular complexity index is 681. The van der Waals surface area contributed by atoms with Crippen LogP contribution in [0.25, 0.3) is 0 Å². The van der Waals surface area contributed by atoms with E-state index in [1.807, 2.05) is 12.1 Å². The first-order valence-electron chi connectivity index (χ1n) is 7.59. The van der Waals surface area contributed by atoms with Crippen LogP contribution in [0, 0.1) is 0 Å². The average Bonchev–Trinajstić information content (AvgIpc) is 2.57. The van der Waals surface area contributed by atoms with E-state index in [0.29, 0.717) is 16.4 Å². The zero-order chi connectivity index (χ0) is 16.2. The fourth-order valence-corrected chi connectivity index (χ4v) is 2.76. The highest BCUT2D eigenvalue weighted by molar-refractivity contribution is 6.34. The van der Waals surface area contributed by atoms with Crippen molar-refractivity contribution in [2.24, 2.45) is 0 Å². The Morgan fingerprint density at radius 2 is 1.87 bits per heavy atom. The third kappa shape index (κ3) is 3.81. The molecule has 1 aromatic heterocycles. The van der Waals surface area contributed by atoms with Gasteiger partial charge in [0.25, 0.3) is 5.91 Å². The number of amides is 1. The van der Waals surface area contributed by atoms with Crippen molar-refractivity contribution in [2.45, 2.75) is 0 Å². The highest BCUT2D eigenvalue weighted by atomic mass is 35.5. The molecule has 0 unspecified atom stereocenters. The fourth-order valence-electron chi connectivity index (χ4n) is 2.54. The molecule has 1 saturated heterocycles. The highest BCUT2D eigenvalue weighted by Crippen LogP contribution is 2.19. The molecule has 1 aromatic carbocycles. The van der Waals surface area contributed by atoms with Crippen molar-refractivity contribution < 1.29 is 4.79 Å². The molecule has 120 valence electrons. The van der Waals surface area contributed by atoms with Crippen molar-refractivity contribution in [3.63, 3.8) is 0 Å². The third-order valence-electron chi connectivity index (χ3n) is 3.98. The number of halogens is 1. The molecule has 2 aromatic rings. The smallest absolute Gasteiger partial charge is 0.258 e. The molecule has 2 heterocycles. The van der Waals surface area contributed by atoms with Gasteiger partial charge in [-0.15, -0.1) is 0 Å². The molecule has 6 heteroatoms. The Morgan fingerprint density at radius 1 is 1.13 bits per heavy atom. The molecule has 0 atom stereocenters. The van der Waals surface area contributed by atoms with Crippen molar-refractivity contribution in [3.8, 4) is 0 Å². The lowest BCUT2D eigenvalue weighted by Gasteiger charge is -2.33. The summed E-state index contributed by atoms with van der Waals surface area (Å²) >= 11 is 6.03. The van der Waals surface area contributed by atoms with E-state index in [2.05, 4.69) is 27.1 Å². The second-order valence-corrected chi connectivity index (χ2v) is 6.03. The van der Waals surface area contributed by atoms with E-state index in [1.165, 1.54) is 0 Å². The number of pyridine rings is 1. The maximum atomic E-state index is 12.2. The number of nitrogens with one attached hydrogen (secondary N) is 1. The van der Waals surface area contributed by atoms with Crippen LogP contribution < -0.4 is 10.2 Å². The molecule has 5 nitrogen and oxygen atoms in total. The van der Waals surface area contributed by atoms with Gasteiger partial charge in [-0.1, -0.05) is 23.7 Å². The number of piperazine rings is 1. The second-order valence-electron chi connectivity index (χ2n) is 5.63. The first-order valence-corrected chi connectivity index (χ1v) is 7.97. The fraction of sp³-hybridized carbons (Fsp3) is 0.294. The quantitative estimate of drug-likeness (QED) is 0.940. The van der Waals surface area contributed by atoms with Gasteiger partial charge in [0, 0.05) is 26.2 Å². The molecule has 0 spiro atoms. The summed E-state index contributed by atoms with van der Waals surface area (Å²) in [6, 6.07) is 10.8. The van der Waals surface area contributed by atoms with Gasteiger partial charge in [-0.25, -0.2) is 4.98 Å². The maximum Gasteiger partial charge on any atom is 0.258 e. The van der Waals surface area contributed by atoms with Gasteiger partial charge in [0.2, 0.25) is 0 Å². The Balaban J connectivity index is 1.66. The molecule has 1 amide bonds. The summed E-state index contributed by atoms with van der Waals surface area (Å²) in [5, 5.41) is 3.20. The average molecular weight is 331 g/mol. The summed E-state index contributed by atoms with van der Waals surface area (Å²) in [4.78, 5) is 21.1. The van der Waals surface area contributed by atoms with Gasteiger partial charge in [-0.05, 0) is 31.3 Å². The van der Waals surface area contributed by atoms with Crippen LogP contribution in [0.1, 0.15) is 10.4 Å². The zero-order valence-electron chi connectivity index (χ0n) is 13.0. The topological polar surface area (TPSA) is 48.5 Å². The van der Waals surface area contributed by atoms with E-state index in [4.69, 9.17) is 11.6 Å². The lowest BCUT2D eigenvalue weighted by molar-refractivity contribution is 0.102.